The Morgan fingerprint density at radius 3 is 1.58 bits per heavy atom. The van der Waals surface area contributed by atoms with E-state index in [0.717, 1.165) is 50.3 Å². The summed E-state index contributed by atoms with van der Waals surface area (Å²) in [5.41, 5.74) is 0. The molecule has 0 saturated heterocycles. The van der Waals surface area contributed by atoms with Gasteiger partial charge in [-0.05, 0) is 19.3 Å². The van der Waals surface area contributed by atoms with Crippen LogP contribution < -0.4 is 0 Å². The van der Waals surface area contributed by atoms with Crippen molar-refractivity contribution in [3.05, 3.63) is 0 Å². The molecule has 0 atom stereocenters. The largest absolute Gasteiger partial charge is 0.391 e. The second kappa shape index (κ2) is 19.6. The van der Waals surface area contributed by atoms with Crippen molar-refractivity contribution in [3.8, 4) is 0 Å². The number of ether oxygens (including phenoxy) is 1. The molecule has 0 aromatic rings. The van der Waals surface area contributed by atoms with Gasteiger partial charge in [-0.25, -0.2) is 0 Å². The van der Waals surface area contributed by atoms with Gasteiger partial charge in [-0.1, -0.05) is 71.6 Å². The zero-order valence-corrected chi connectivity index (χ0v) is 17.9. The smallest absolute Gasteiger partial charge is 0.103 e. The van der Waals surface area contributed by atoms with Crippen LogP contribution in [0.25, 0.3) is 0 Å². The molecular weight excluding hydrogens is 326 g/mol. The Balaban J connectivity index is 4.00. The third-order valence-electron chi connectivity index (χ3n) is 5.49. The summed E-state index contributed by atoms with van der Waals surface area (Å²) in [6.07, 6.45) is 15.4. The molecule has 0 aromatic heterocycles. The maximum absolute atomic E-state index is 9.51. The number of hydrogen-bond acceptors (Lipinski definition) is 3. The molecule has 0 saturated carbocycles. The lowest BCUT2D eigenvalue weighted by Gasteiger charge is -2.38. The van der Waals surface area contributed by atoms with Gasteiger partial charge in [0.2, 0.25) is 0 Å². The van der Waals surface area contributed by atoms with Gasteiger partial charge in [-0.3, -0.25) is 0 Å². The number of hydrogen-bond donors (Lipinski definition) is 2. The average molecular weight is 375 g/mol. The van der Waals surface area contributed by atoms with Gasteiger partial charge >= 0.3 is 0 Å². The maximum Gasteiger partial charge on any atom is 0.103 e. The molecule has 4 nitrogen and oxygen atoms in total. The molecular formula is C22H48NO3+. The Morgan fingerprint density at radius 1 is 0.538 bits per heavy atom. The van der Waals surface area contributed by atoms with Gasteiger partial charge in [0.15, 0.2) is 0 Å². The van der Waals surface area contributed by atoms with Gasteiger partial charge in [0.25, 0.3) is 0 Å². The van der Waals surface area contributed by atoms with Crippen LogP contribution in [0.15, 0.2) is 0 Å². The second-order valence-electron chi connectivity index (χ2n) is 7.83. The summed E-state index contributed by atoms with van der Waals surface area (Å²) in [5.74, 6) is 0. The molecule has 0 fully saturated rings. The van der Waals surface area contributed by atoms with E-state index in [1.54, 1.807) is 0 Å². The molecule has 0 unspecified atom stereocenters. The van der Waals surface area contributed by atoms with Crippen LogP contribution >= 0.6 is 0 Å². The summed E-state index contributed by atoms with van der Waals surface area (Å²) < 4.78 is 6.67. The fourth-order valence-corrected chi connectivity index (χ4v) is 3.67. The van der Waals surface area contributed by atoms with E-state index in [2.05, 4.69) is 13.8 Å². The third-order valence-corrected chi connectivity index (χ3v) is 5.49. The minimum absolute atomic E-state index is 0.188. The molecule has 26 heavy (non-hydrogen) atoms. The molecule has 0 aliphatic rings. The van der Waals surface area contributed by atoms with Gasteiger partial charge in [-0.15, -0.1) is 0 Å². The van der Waals surface area contributed by atoms with Crippen molar-refractivity contribution in [2.45, 2.75) is 90.9 Å². The SMILES string of the molecule is CCCCCCCCOCC[N+](CCO)(CCO)CCCCCCCC. The molecule has 0 spiro atoms. The zero-order valence-electron chi connectivity index (χ0n) is 17.9. The lowest BCUT2D eigenvalue weighted by Crippen LogP contribution is -2.54. The molecule has 4 heteroatoms. The van der Waals surface area contributed by atoms with Crippen LogP contribution in [0.1, 0.15) is 90.9 Å². The molecule has 0 aliphatic heterocycles. The van der Waals surface area contributed by atoms with E-state index in [1.807, 2.05) is 0 Å². The standard InChI is InChI=1S/C22H48NO3/c1-3-5-7-9-11-13-15-23(16-19-24,17-20-25)18-22-26-21-14-12-10-8-6-4-2/h24-25H,3-22H2,1-2H3/q+1. The number of rotatable bonds is 21. The Hall–Kier alpha value is -0.160. The minimum atomic E-state index is 0.188. The summed E-state index contributed by atoms with van der Waals surface area (Å²) in [7, 11) is 0. The van der Waals surface area contributed by atoms with Crippen LogP contribution in [-0.4, -0.2) is 67.3 Å². The molecule has 0 radical (unpaired) electrons. The normalized spacial score (nSPS) is 12.0. The van der Waals surface area contributed by atoms with E-state index in [4.69, 9.17) is 4.74 Å². The maximum atomic E-state index is 9.51. The Morgan fingerprint density at radius 2 is 1.04 bits per heavy atom. The van der Waals surface area contributed by atoms with Crippen molar-refractivity contribution in [1.82, 2.24) is 0 Å². The van der Waals surface area contributed by atoms with E-state index >= 15 is 0 Å². The zero-order chi connectivity index (χ0) is 19.3. The number of nitrogens with zero attached hydrogens (tertiary/aromatic N) is 1. The average Bonchev–Trinajstić information content (AvgIpc) is 2.64. The van der Waals surface area contributed by atoms with Gasteiger partial charge < -0.3 is 19.4 Å². The Kier molecular flexibility index (Phi) is 19.5. The molecule has 0 amide bonds. The van der Waals surface area contributed by atoms with Crippen LogP contribution in [0.3, 0.4) is 0 Å². The van der Waals surface area contributed by atoms with Crippen molar-refractivity contribution in [3.63, 3.8) is 0 Å². The molecule has 0 aromatic carbocycles. The van der Waals surface area contributed by atoms with E-state index in [1.165, 1.54) is 70.6 Å². The summed E-state index contributed by atoms with van der Waals surface area (Å²) in [4.78, 5) is 0. The first-order valence-corrected chi connectivity index (χ1v) is 11.4. The summed E-state index contributed by atoms with van der Waals surface area (Å²) in [5, 5.41) is 19.0. The predicted molar refractivity (Wildman–Crippen MR) is 111 cm³/mol. The first-order chi connectivity index (χ1) is 12.7. The highest BCUT2D eigenvalue weighted by molar-refractivity contribution is 4.50. The Bertz CT molecular complexity index is 268. The van der Waals surface area contributed by atoms with Crippen LogP contribution in [-0.2, 0) is 4.74 Å². The first kappa shape index (κ1) is 25.8. The van der Waals surface area contributed by atoms with E-state index in [9.17, 15) is 10.2 Å². The molecule has 0 heterocycles. The quantitative estimate of drug-likeness (QED) is 0.229. The molecule has 2 N–H and O–H groups in total. The Labute approximate surface area is 163 Å². The van der Waals surface area contributed by atoms with Crippen molar-refractivity contribution in [2.24, 2.45) is 0 Å². The highest BCUT2D eigenvalue weighted by Gasteiger charge is 2.25. The van der Waals surface area contributed by atoms with Crippen molar-refractivity contribution < 1.29 is 19.4 Å². The van der Waals surface area contributed by atoms with Crippen molar-refractivity contribution in [2.75, 3.05) is 52.6 Å². The second-order valence-corrected chi connectivity index (χ2v) is 7.83. The minimum Gasteiger partial charge on any atom is -0.391 e. The number of aliphatic hydroxyl groups excluding tert-OH is 2. The number of unbranched alkanes of at least 4 members (excludes halogenated alkanes) is 10. The molecule has 0 bridgehead atoms. The van der Waals surface area contributed by atoms with Crippen molar-refractivity contribution >= 4 is 0 Å². The summed E-state index contributed by atoms with van der Waals surface area (Å²) >= 11 is 0. The lowest BCUT2D eigenvalue weighted by molar-refractivity contribution is -0.929. The highest BCUT2D eigenvalue weighted by atomic mass is 16.5. The topological polar surface area (TPSA) is 49.7 Å². The first-order valence-electron chi connectivity index (χ1n) is 11.4. The molecule has 0 aliphatic carbocycles. The molecule has 0 rings (SSSR count). The summed E-state index contributed by atoms with van der Waals surface area (Å²) in [6, 6.07) is 0. The number of quaternary nitrogens is 1. The van der Waals surface area contributed by atoms with Gasteiger partial charge in [0, 0.05) is 6.61 Å². The molecule has 158 valence electrons. The highest BCUT2D eigenvalue weighted by Crippen LogP contribution is 2.13. The van der Waals surface area contributed by atoms with Crippen molar-refractivity contribution in [1.29, 1.82) is 0 Å². The lowest BCUT2D eigenvalue weighted by atomic mass is 10.1. The fraction of sp³-hybridized carbons (Fsp3) is 1.00. The summed E-state index contributed by atoms with van der Waals surface area (Å²) in [6.45, 7) is 9.88. The van der Waals surface area contributed by atoms with Crippen LogP contribution in [0, 0.1) is 0 Å². The number of aliphatic hydroxyl groups is 2. The van der Waals surface area contributed by atoms with Gasteiger partial charge in [-0.2, -0.15) is 0 Å². The van der Waals surface area contributed by atoms with Crippen LogP contribution in [0.2, 0.25) is 0 Å². The monoisotopic (exact) mass is 374 g/mol. The van der Waals surface area contributed by atoms with Crippen LogP contribution in [0.5, 0.6) is 0 Å². The van der Waals surface area contributed by atoms with E-state index in [-0.39, 0.29) is 13.2 Å². The third kappa shape index (κ3) is 15.0. The fourth-order valence-electron chi connectivity index (χ4n) is 3.67. The predicted octanol–water partition coefficient (Wildman–Crippen LogP) is 4.53. The van der Waals surface area contributed by atoms with Gasteiger partial charge in [0.1, 0.15) is 19.6 Å². The van der Waals surface area contributed by atoms with E-state index in [0.29, 0.717) is 0 Å². The van der Waals surface area contributed by atoms with Crippen LogP contribution in [0.4, 0.5) is 0 Å². The van der Waals surface area contributed by atoms with E-state index < -0.39 is 0 Å². The van der Waals surface area contributed by atoms with Gasteiger partial charge in [0.05, 0.1) is 26.4 Å².